The van der Waals surface area contributed by atoms with Gasteiger partial charge in [-0.1, -0.05) is 38.7 Å². The maximum atomic E-state index is 12.5. The van der Waals surface area contributed by atoms with E-state index in [4.69, 9.17) is 14.2 Å². The number of hydrogen-bond donors (Lipinski definition) is 0. The van der Waals surface area contributed by atoms with Gasteiger partial charge in [0.15, 0.2) is 0 Å². The third-order valence-corrected chi connectivity index (χ3v) is 6.23. The maximum Gasteiger partial charge on any atom is 0.338 e. The molecule has 1 aliphatic rings. The van der Waals surface area contributed by atoms with Crippen molar-refractivity contribution in [3.05, 3.63) is 42.0 Å². The van der Waals surface area contributed by atoms with Crippen LogP contribution in [0.1, 0.15) is 101 Å². The SMILES string of the molecule is CC=CC(=O)OCCCCCCOc1ccc(C(=O)OC2CCC(CCCCC)CC2)cc1. The summed E-state index contributed by atoms with van der Waals surface area (Å²) in [5.41, 5.74) is 0.583. The summed E-state index contributed by atoms with van der Waals surface area (Å²) in [7, 11) is 0. The minimum atomic E-state index is -0.279. The molecule has 33 heavy (non-hydrogen) atoms. The zero-order chi connectivity index (χ0) is 23.7. The third kappa shape index (κ3) is 11.4. The van der Waals surface area contributed by atoms with Crippen LogP contribution in [0.5, 0.6) is 5.75 Å². The topological polar surface area (TPSA) is 61.8 Å². The van der Waals surface area contributed by atoms with Gasteiger partial charge in [-0.2, -0.15) is 0 Å². The lowest BCUT2D eigenvalue weighted by Gasteiger charge is -2.28. The van der Waals surface area contributed by atoms with Crippen molar-refractivity contribution in [2.75, 3.05) is 13.2 Å². The van der Waals surface area contributed by atoms with Gasteiger partial charge in [0.25, 0.3) is 0 Å². The quantitative estimate of drug-likeness (QED) is 0.160. The molecule has 1 saturated carbocycles. The number of carbonyl (C=O) groups is 2. The molecule has 184 valence electrons. The first-order chi connectivity index (χ1) is 16.1. The predicted molar refractivity (Wildman–Crippen MR) is 131 cm³/mol. The molecule has 0 radical (unpaired) electrons. The van der Waals surface area contributed by atoms with Crippen molar-refractivity contribution < 1.29 is 23.8 Å². The summed E-state index contributed by atoms with van der Waals surface area (Å²) in [5.74, 6) is 1.06. The van der Waals surface area contributed by atoms with Crippen LogP contribution >= 0.6 is 0 Å². The smallest absolute Gasteiger partial charge is 0.338 e. The minimum Gasteiger partial charge on any atom is -0.494 e. The van der Waals surface area contributed by atoms with Crippen molar-refractivity contribution in [1.29, 1.82) is 0 Å². The largest absolute Gasteiger partial charge is 0.494 e. The highest BCUT2D eigenvalue weighted by atomic mass is 16.5. The maximum absolute atomic E-state index is 12.5. The second kappa shape index (κ2) is 16.3. The Bertz CT molecular complexity index is 702. The van der Waals surface area contributed by atoms with Crippen molar-refractivity contribution in [2.45, 2.75) is 97.0 Å². The van der Waals surface area contributed by atoms with Gasteiger partial charge in [0.05, 0.1) is 18.8 Å². The van der Waals surface area contributed by atoms with Crippen LogP contribution in [0, 0.1) is 5.92 Å². The summed E-state index contributed by atoms with van der Waals surface area (Å²) in [6.07, 6.45) is 16.6. The number of unbranched alkanes of at least 4 members (excludes halogenated alkanes) is 5. The summed E-state index contributed by atoms with van der Waals surface area (Å²) >= 11 is 0. The van der Waals surface area contributed by atoms with Gasteiger partial charge in [-0.3, -0.25) is 0 Å². The van der Waals surface area contributed by atoms with Crippen LogP contribution in [0.3, 0.4) is 0 Å². The summed E-state index contributed by atoms with van der Waals surface area (Å²) in [5, 5.41) is 0. The fraction of sp³-hybridized carbons (Fsp3) is 0.643. The summed E-state index contributed by atoms with van der Waals surface area (Å²) < 4.78 is 16.6. The van der Waals surface area contributed by atoms with Gasteiger partial charge < -0.3 is 14.2 Å². The van der Waals surface area contributed by atoms with E-state index in [1.807, 2.05) is 12.1 Å². The Morgan fingerprint density at radius 3 is 2.27 bits per heavy atom. The first kappa shape index (κ1) is 26.9. The van der Waals surface area contributed by atoms with E-state index < -0.39 is 0 Å². The summed E-state index contributed by atoms with van der Waals surface area (Å²) in [6.45, 7) is 5.13. The van der Waals surface area contributed by atoms with Crippen LogP contribution < -0.4 is 4.74 Å². The minimum absolute atomic E-state index is 0.0579. The lowest BCUT2D eigenvalue weighted by molar-refractivity contribution is -0.137. The van der Waals surface area contributed by atoms with E-state index >= 15 is 0 Å². The third-order valence-electron chi connectivity index (χ3n) is 6.23. The molecule has 0 heterocycles. The number of carbonyl (C=O) groups excluding carboxylic acids is 2. The Morgan fingerprint density at radius 2 is 1.61 bits per heavy atom. The molecule has 0 aromatic heterocycles. The van der Waals surface area contributed by atoms with Crippen LogP contribution in [0.4, 0.5) is 0 Å². The van der Waals surface area contributed by atoms with E-state index in [-0.39, 0.29) is 18.0 Å². The molecule has 5 heteroatoms. The second-order valence-corrected chi connectivity index (χ2v) is 9.00. The molecule has 1 aromatic rings. The molecular weight excluding hydrogens is 416 g/mol. The molecule has 0 bridgehead atoms. The van der Waals surface area contributed by atoms with E-state index in [1.165, 1.54) is 44.6 Å². The van der Waals surface area contributed by atoms with Gasteiger partial charge in [-0.15, -0.1) is 0 Å². The van der Waals surface area contributed by atoms with Crippen LogP contribution in [0.15, 0.2) is 36.4 Å². The molecule has 0 amide bonds. The monoisotopic (exact) mass is 458 g/mol. The molecule has 0 N–H and O–H groups in total. The predicted octanol–water partition coefficient (Wildman–Crippen LogP) is 7.04. The molecule has 0 aliphatic heterocycles. The van der Waals surface area contributed by atoms with Crippen LogP contribution in [0.2, 0.25) is 0 Å². The van der Waals surface area contributed by atoms with Gasteiger partial charge >= 0.3 is 11.9 Å². The van der Waals surface area contributed by atoms with E-state index in [0.29, 0.717) is 18.8 Å². The first-order valence-electron chi connectivity index (χ1n) is 12.9. The van der Waals surface area contributed by atoms with E-state index in [2.05, 4.69) is 6.92 Å². The van der Waals surface area contributed by atoms with Gasteiger partial charge in [0.2, 0.25) is 0 Å². The Labute approximate surface area is 199 Å². The molecule has 1 aliphatic carbocycles. The second-order valence-electron chi connectivity index (χ2n) is 9.00. The Balaban J connectivity index is 1.56. The lowest BCUT2D eigenvalue weighted by Crippen LogP contribution is -2.24. The van der Waals surface area contributed by atoms with E-state index in [0.717, 1.165) is 50.2 Å². The fourth-order valence-corrected chi connectivity index (χ4v) is 4.23. The number of esters is 2. The normalized spacial score (nSPS) is 18.2. The molecule has 2 rings (SSSR count). The number of hydrogen-bond acceptors (Lipinski definition) is 5. The van der Waals surface area contributed by atoms with Crippen molar-refractivity contribution in [2.24, 2.45) is 5.92 Å². The molecule has 1 fully saturated rings. The molecular formula is C28H42O5. The van der Waals surface area contributed by atoms with Crippen molar-refractivity contribution in [3.8, 4) is 5.75 Å². The van der Waals surface area contributed by atoms with Crippen LogP contribution in [-0.2, 0) is 14.3 Å². The molecule has 5 nitrogen and oxygen atoms in total. The molecule has 0 saturated heterocycles. The Morgan fingerprint density at radius 1 is 0.909 bits per heavy atom. The van der Waals surface area contributed by atoms with Crippen LogP contribution in [-0.4, -0.2) is 31.3 Å². The molecule has 1 aromatic carbocycles. The number of rotatable bonds is 15. The highest BCUT2D eigenvalue weighted by Gasteiger charge is 2.24. The summed E-state index contributed by atoms with van der Waals surface area (Å²) in [4.78, 5) is 23.7. The van der Waals surface area contributed by atoms with Crippen molar-refractivity contribution >= 4 is 11.9 Å². The number of allylic oxidation sites excluding steroid dienone is 1. The van der Waals surface area contributed by atoms with Gasteiger partial charge in [0.1, 0.15) is 11.9 Å². The lowest BCUT2D eigenvalue weighted by atomic mass is 9.84. The zero-order valence-corrected chi connectivity index (χ0v) is 20.6. The zero-order valence-electron chi connectivity index (χ0n) is 20.6. The Hall–Kier alpha value is -2.30. The highest BCUT2D eigenvalue weighted by molar-refractivity contribution is 5.89. The Kier molecular flexibility index (Phi) is 13.3. The van der Waals surface area contributed by atoms with Gasteiger partial charge in [-0.25, -0.2) is 9.59 Å². The van der Waals surface area contributed by atoms with E-state index in [1.54, 1.807) is 25.1 Å². The average molecular weight is 459 g/mol. The van der Waals surface area contributed by atoms with Gasteiger partial charge in [0, 0.05) is 6.08 Å². The molecule has 0 unspecified atom stereocenters. The van der Waals surface area contributed by atoms with Gasteiger partial charge in [-0.05, 0) is 88.5 Å². The van der Waals surface area contributed by atoms with Crippen molar-refractivity contribution in [3.63, 3.8) is 0 Å². The first-order valence-corrected chi connectivity index (χ1v) is 12.9. The number of ether oxygens (including phenoxy) is 3. The fourth-order valence-electron chi connectivity index (χ4n) is 4.23. The molecule has 0 atom stereocenters. The van der Waals surface area contributed by atoms with Crippen molar-refractivity contribution in [1.82, 2.24) is 0 Å². The highest BCUT2D eigenvalue weighted by Crippen LogP contribution is 2.30. The average Bonchev–Trinajstić information content (AvgIpc) is 2.82. The summed E-state index contributed by atoms with van der Waals surface area (Å²) in [6, 6.07) is 7.24. The number of benzene rings is 1. The van der Waals surface area contributed by atoms with E-state index in [9.17, 15) is 9.59 Å². The standard InChI is InChI=1S/C28H42O5/c1-3-5-8-12-23-13-17-26(18-14-23)33-28(30)24-15-19-25(20-16-24)31-21-9-6-7-10-22-32-27(29)11-4-2/h4,11,15-16,19-20,23,26H,3,5-10,12-14,17-18,21-22H2,1-2H3. The van der Waals surface area contributed by atoms with Crippen LogP contribution in [0.25, 0.3) is 0 Å². The molecule has 0 spiro atoms.